The molecule has 41 heavy (non-hydrogen) atoms. The molecule has 0 fully saturated rings. The summed E-state index contributed by atoms with van der Waals surface area (Å²) in [7, 11) is 1.55. The van der Waals surface area contributed by atoms with Crippen molar-refractivity contribution in [2.75, 3.05) is 31.0 Å². The minimum atomic E-state index is -0.767. The fourth-order valence-corrected chi connectivity index (χ4v) is 3.52. The zero-order chi connectivity index (χ0) is 29.8. The van der Waals surface area contributed by atoms with E-state index >= 15 is 0 Å². The second-order valence-corrected chi connectivity index (χ2v) is 9.82. The summed E-state index contributed by atoms with van der Waals surface area (Å²) in [5.74, 6) is 5.37. The molecule has 2 N–H and O–H groups in total. The number of rotatable bonds is 9. The molecule has 2 amide bonds. The number of carbonyl (C=O) groups excluding carboxylic acids is 3. The Morgan fingerprint density at radius 1 is 0.854 bits per heavy atom. The van der Waals surface area contributed by atoms with Crippen LogP contribution in [0.2, 0.25) is 0 Å². The molecular formula is C32H31N3O6. The number of methoxy groups -OCH3 is 1. The molecule has 0 aliphatic rings. The van der Waals surface area contributed by atoms with Crippen LogP contribution in [0, 0.1) is 23.2 Å². The van der Waals surface area contributed by atoms with Crippen LogP contribution in [-0.2, 0) is 14.3 Å². The van der Waals surface area contributed by atoms with E-state index in [4.69, 9.17) is 19.5 Å². The molecule has 0 atom stereocenters. The van der Waals surface area contributed by atoms with E-state index in [1.165, 1.54) is 18.2 Å². The summed E-state index contributed by atoms with van der Waals surface area (Å²) in [5, 5.41) is 14.5. The minimum Gasteiger partial charge on any atom is -0.490 e. The van der Waals surface area contributed by atoms with Crippen LogP contribution in [-0.4, -0.2) is 43.7 Å². The summed E-state index contributed by atoms with van der Waals surface area (Å²) >= 11 is 0. The maximum atomic E-state index is 13.0. The summed E-state index contributed by atoms with van der Waals surface area (Å²) in [6.45, 7) is 5.70. The third-order valence-corrected chi connectivity index (χ3v) is 5.32. The number of hydrogen-bond acceptors (Lipinski definition) is 7. The van der Waals surface area contributed by atoms with E-state index in [9.17, 15) is 14.4 Å². The molecule has 0 aliphatic carbocycles. The molecule has 0 aromatic heterocycles. The molecule has 0 aliphatic heterocycles. The van der Waals surface area contributed by atoms with Crippen LogP contribution in [0.1, 0.15) is 54.2 Å². The SMILES string of the molecule is COCCOc1cc(NC(=O)OC(C)(C)C)c(NC(=O)CC(=O)c2cccc(C#N)c2)cc1C#Cc1ccccc1. The van der Waals surface area contributed by atoms with Gasteiger partial charge in [0.05, 0.1) is 41.6 Å². The Balaban J connectivity index is 1.97. The number of nitrogens with one attached hydrogen (secondary N) is 2. The third-order valence-electron chi connectivity index (χ3n) is 5.32. The lowest BCUT2D eigenvalue weighted by Crippen LogP contribution is -2.28. The molecule has 0 unspecified atom stereocenters. The largest absolute Gasteiger partial charge is 0.490 e. The normalized spacial score (nSPS) is 10.4. The van der Waals surface area contributed by atoms with Crippen LogP contribution in [0.25, 0.3) is 0 Å². The van der Waals surface area contributed by atoms with Crippen LogP contribution >= 0.6 is 0 Å². The molecule has 3 aromatic rings. The van der Waals surface area contributed by atoms with Gasteiger partial charge in [-0.2, -0.15) is 5.26 Å². The molecule has 0 spiro atoms. The van der Waals surface area contributed by atoms with Gasteiger partial charge in [0.1, 0.15) is 18.0 Å². The van der Waals surface area contributed by atoms with Crippen molar-refractivity contribution in [3.05, 3.63) is 89.0 Å². The van der Waals surface area contributed by atoms with Crippen molar-refractivity contribution in [2.45, 2.75) is 32.8 Å². The van der Waals surface area contributed by atoms with Gasteiger partial charge in [-0.1, -0.05) is 42.2 Å². The Hall–Kier alpha value is -5.12. The van der Waals surface area contributed by atoms with E-state index in [0.717, 1.165) is 5.56 Å². The van der Waals surface area contributed by atoms with Crippen molar-refractivity contribution in [1.29, 1.82) is 5.26 Å². The Bertz CT molecular complexity index is 1510. The van der Waals surface area contributed by atoms with Crippen LogP contribution < -0.4 is 15.4 Å². The van der Waals surface area contributed by atoms with Crippen molar-refractivity contribution in [3.63, 3.8) is 0 Å². The van der Waals surface area contributed by atoms with Gasteiger partial charge in [-0.25, -0.2) is 4.79 Å². The lowest BCUT2D eigenvalue weighted by atomic mass is 10.1. The van der Waals surface area contributed by atoms with E-state index in [1.54, 1.807) is 46.1 Å². The fourth-order valence-electron chi connectivity index (χ4n) is 3.52. The number of ether oxygens (including phenoxy) is 3. The third kappa shape index (κ3) is 9.85. The molecule has 3 aromatic carbocycles. The van der Waals surface area contributed by atoms with E-state index in [1.807, 2.05) is 36.4 Å². The van der Waals surface area contributed by atoms with Crippen molar-refractivity contribution < 1.29 is 28.6 Å². The molecule has 0 saturated carbocycles. The number of amides is 2. The first kappa shape index (κ1) is 30.4. The molecule has 0 bridgehead atoms. The van der Waals surface area contributed by atoms with Gasteiger partial charge in [0.25, 0.3) is 0 Å². The summed E-state index contributed by atoms with van der Waals surface area (Å²) in [4.78, 5) is 38.4. The van der Waals surface area contributed by atoms with Gasteiger partial charge in [-0.05, 0) is 51.1 Å². The van der Waals surface area contributed by atoms with Gasteiger partial charge in [-0.15, -0.1) is 0 Å². The van der Waals surface area contributed by atoms with E-state index in [0.29, 0.717) is 23.5 Å². The minimum absolute atomic E-state index is 0.184. The highest BCUT2D eigenvalue weighted by molar-refractivity contribution is 6.12. The number of benzene rings is 3. The number of Topliss-reactive ketones (excluding diaryl/α,β-unsaturated/α-hetero) is 1. The average Bonchev–Trinajstić information content (AvgIpc) is 2.93. The Morgan fingerprint density at radius 2 is 1.56 bits per heavy atom. The van der Waals surface area contributed by atoms with Gasteiger partial charge in [0.2, 0.25) is 5.91 Å². The van der Waals surface area contributed by atoms with Crippen molar-refractivity contribution in [3.8, 4) is 23.7 Å². The number of nitriles is 1. The Labute approximate surface area is 239 Å². The monoisotopic (exact) mass is 553 g/mol. The standard InChI is InChI=1S/C32H31N3O6/c1-32(2,3)41-31(38)35-27-19-29(40-16-15-39-4)25(14-13-22-9-6-5-7-10-22)18-26(27)34-30(37)20-28(36)24-12-8-11-23(17-24)21-33/h5-12,17-19H,15-16,20H2,1-4H3,(H,34,37)(H,35,38). The number of anilines is 2. The quantitative estimate of drug-likeness (QED) is 0.154. The summed E-state index contributed by atoms with van der Waals surface area (Å²) in [5.41, 5.74) is 1.36. The lowest BCUT2D eigenvalue weighted by molar-refractivity contribution is -0.115. The van der Waals surface area contributed by atoms with E-state index < -0.39 is 29.8 Å². The Morgan fingerprint density at radius 3 is 2.24 bits per heavy atom. The maximum absolute atomic E-state index is 13.0. The molecule has 9 nitrogen and oxygen atoms in total. The van der Waals surface area contributed by atoms with Gasteiger partial charge in [0.15, 0.2) is 5.78 Å². The summed E-state index contributed by atoms with van der Waals surface area (Å²) in [6.07, 6.45) is -1.24. The second-order valence-electron chi connectivity index (χ2n) is 9.82. The maximum Gasteiger partial charge on any atom is 0.412 e. The topological polar surface area (TPSA) is 127 Å². The zero-order valence-corrected chi connectivity index (χ0v) is 23.4. The van der Waals surface area contributed by atoms with E-state index in [2.05, 4.69) is 22.5 Å². The van der Waals surface area contributed by atoms with Crippen LogP contribution in [0.5, 0.6) is 5.75 Å². The van der Waals surface area contributed by atoms with Gasteiger partial charge in [-0.3, -0.25) is 14.9 Å². The van der Waals surface area contributed by atoms with Gasteiger partial charge >= 0.3 is 6.09 Å². The fraction of sp³-hybridized carbons (Fsp3) is 0.250. The predicted octanol–water partition coefficient (Wildman–Crippen LogP) is 5.54. The first-order valence-electron chi connectivity index (χ1n) is 12.8. The van der Waals surface area contributed by atoms with Crippen LogP contribution in [0.4, 0.5) is 16.2 Å². The highest BCUT2D eigenvalue weighted by Crippen LogP contribution is 2.32. The van der Waals surface area contributed by atoms with Crippen LogP contribution in [0.3, 0.4) is 0 Å². The first-order valence-corrected chi connectivity index (χ1v) is 12.8. The highest BCUT2D eigenvalue weighted by Gasteiger charge is 2.21. The number of hydrogen-bond donors (Lipinski definition) is 2. The van der Waals surface area contributed by atoms with Crippen molar-refractivity contribution >= 4 is 29.2 Å². The van der Waals surface area contributed by atoms with Gasteiger partial charge in [0, 0.05) is 24.3 Å². The molecule has 9 heteroatoms. The molecule has 0 heterocycles. The molecule has 3 rings (SSSR count). The Kier molecular flexibility index (Phi) is 10.6. The zero-order valence-electron chi connectivity index (χ0n) is 23.4. The molecule has 0 radical (unpaired) electrons. The summed E-state index contributed by atoms with van der Waals surface area (Å²) < 4.78 is 16.4. The average molecular weight is 554 g/mol. The smallest absolute Gasteiger partial charge is 0.412 e. The number of ketones is 1. The predicted molar refractivity (Wildman–Crippen MR) is 155 cm³/mol. The van der Waals surface area contributed by atoms with Gasteiger partial charge < -0.3 is 19.5 Å². The second kappa shape index (κ2) is 14.3. The molecule has 210 valence electrons. The summed E-state index contributed by atoms with van der Waals surface area (Å²) in [6, 6.07) is 20.5. The van der Waals surface area contributed by atoms with E-state index in [-0.39, 0.29) is 23.5 Å². The number of carbonyl (C=O) groups is 3. The molecule has 0 saturated heterocycles. The van der Waals surface area contributed by atoms with Crippen molar-refractivity contribution in [2.24, 2.45) is 0 Å². The molecular weight excluding hydrogens is 522 g/mol. The van der Waals surface area contributed by atoms with Crippen molar-refractivity contribution in [1.82, 2.24) is 0 Å². The first-order chi connectivity index (χ1) is 19.6. The van der Waals surface area contributed by atoms with Crippen LogP contribution in [0.15, 0.2) is 66.7 Å². The highest BCUT2D eigenvalue weighted by atomic mass is 16.6. The lowest BCUT2D eigenvalue weighted by Gasteiger charge is -2.21. The number of nitrogens with zero attached hydrogens (tertiary/aromatic N) is 1.